The molecule has 0 aliphatic rings. The van der Waals surface area contributed by atoms with Gasteiger partial charge in [-0.05, 0) is 18.2 Å². The summed E-state index contributed by atoms with van der Waals surface area (Å²) in [6.07, 6.45) is 0. The fourth-order valence-electron chi connectivity index (χ4n) is 2.14. The second kappa shape index (κ2) is 3.21. The zero-order chi connectivity index (χ0) is 12.0. The molecule has 0 spiro atoms. The summed E-state index contributed by atoms with van der Waals surface area (Å²) in [6, 6.07) is 10.8. The zero-order valence-electron chi connectivity index (χ0n) is 8.81. The summed E-state index contributed by atoms with van der Waals surface area (Å²) >= 11 is 0. The lowest BCUT2D eigenvalue weighted by atomic mass is 10.1. The minimum atomic E-state index is -0.433. The first-order valence-electron chi connectivity index (χ1n) is 5.12. The van der Waals surface area contributed by atoms with Gasteiger partial charge in [0.2, 0.25) is 0 Å². The second-order valence-electron chi connectivity index (χ2n) is 3.85. The molecule has 3 N–H and O–H groups in total. The first-order valence-corrected chi connectivity index (χ1v) is 5.12. The molecule has 2 aromatic carbocycles. The number of nitrogens with two attached hydrogens (primary N) is 1. The van der Waals surface area contributed by atoms with E-state index in [1.165, 1.54) is 0 Å². The van der Waals surface area contributed by atoms with Crippen molar-refractivity contribution in [2.24, 2.45) is 0 Å². The van der Waals surface area contributed by atoms with Crippen LogP contribution in [0.15, 0.2) is 36.4 Å². The monoisotopic (exact) mass is 227 g/mol. The summed E-state index contributed by atoms with van der Waals surface area (Å²) in [6.45, 7) is 0. The number of hydrogen-bond donors (Lipinski definition) is 2. The maximum Gasteiger partial charge on any atom is 0.302 e. The number of nitrogen functional groups attached to an aromatic ring is 1. The fourth-order valence-corrected chi connectivity index (χ4v) is 2.14. The molecule has 0 atom stereocenters. The topological polar surface area (TPSA) is 85.0 Å². The van der Waals surface area contributed by atoms with Crippen LogP contribution in [0.1, 0.15) is 0 Å². The Morgan fingerprint density at radius 1 is 1.12 bits per heavy atom. The van der Waals surface area contributed by atoms with Crippen LogP contribution in [0, 0.1) is 10.1 Å². The van der Waals surface area contributed by atoms with E-state index in [2.05, 4.69) is 4.98 Å². The molecule has 5 heteroatoms. The van der Waals surface area contributed by atoms with E-state index in [1.807, 2.05) is 24.3 Å². The Morgan fingerprint density at radius 2 is 1.88 bits per heavy atom. The van der Waals surface area contributed by atoms with Crippen LogP contribution in [0.2, 0.25) is 0 Å². The molecule has 5 nitrogen and oxygen atoms in total. The molecule has 0 radical (unpaired) electrons. The Balaban J connectivity index is 2.60. The molecule has 0 unspecified atom stereocenters. The molecule has 0 fully saturated rings. The van der Waals surface area contributed by atoms with Gasteiger partial charge in [0.25, 0.3) is 0 Å². The third-order valence-corrected chi connectivity index (χ3v) is 2.86. The van der Waals surface area contributed by atoms with Gasteiger partial charge in [0.05, 0.1) is 15.8 Å². The Bertz CT molecular complexity index is 746. The van der Waals surface area contributed by atoms with Gasteiger partial charge in [0.1, 0.15) is 5.69 Å². The van der Waals surface area contributed by atoms with Gasteiger partial charge in [-0.15, -0.1) is 0 Å². The number of hydrogen-bond acceptors (Lipinski definition) is 3. The van der Waals surface area contributed by atoms with E-state index >= 15 is 0 Å². The molecule has 3 aromatic rings. The molecule has 0 saturated carbocycles. The highest BCUT2D eigenvalue weighted by atomic mass is 16.6. The van der Waals surface area contributed by atoms with E-state index in [1.54, 1.807) is 12.1 Å². The standard InChI is InChI=1S/C12H9N3O2/c13-8-5-6-10-11(12(8)15(16)17)7-3-1-2-4-9(7)14-10/h1-6,14H,13H2. The third-order valence-electron chi connectivity index (χ3n) is 2.86. The van der Waals surface area contributed by atoms with Gasteiger partial charge in [-0.1, -0.05) is 18.2 Å². The van der Waals surface area contributed by atoms with Gasteiger partial charge < -0.3 is 10.7 Å². The number of nitro benzene ring substituents is 1. The molecule has 0 saturated heterocycles. The van der Waals surface area contributed by atoms with E-state index in [4.69, 9.17) is 5.73 Å². The van der Waals surface area contributed by atoms with Crippen LogP contribution in [0.4, 0.5) is 11.4 Å². The lowest BCUT2D eigenvalue weighted by Crippen LogP contribution is -1.95. The molecule has 0 amide bonds. The number of anilines is 1. The van der Waals surface area contributed by atoms with Crippen LogP contribution in [0.25, 0.3) is 21.8 Å². The van der Waals surface area contributed by atoms with Gasteiger partial charge in [-0.25, -0.2) is 0 Å². The number of benzene rings is 2. The van der Waals surface area contributed by atoms with Crippen LogP contribution in [-0.2, 0) is 0 Å². The number of nitrogens with zero attached hydrogens (tertiary/aromatic N) is 1. The van der Waals surface area contributed by atoms with Crippen molar-refractivity contribution in [3.8, 4) is 0 Å². The van der Waals surface area contributed by atoms with Crippen molar-refractivity contribution in [2.45, 2.75) is 0 Å². The normalized spacial score (nSPS) is 11.1. The number of para-hydroxylation sites is 1. The lowest BCUT2D eigenvalue weighted by Gasteiger charge is -1.98. The zero-order valence-corrected chi connectivity index (χ0v) is 8.81. The van der Waals surface area contributed by atoms with Crippen molar-refractivity contribution in [2.75, 3.05) is 5.73 Å². The number of nitro groups is 1. The molecule has 3 rings (SSSR count). The maximum atomic E-state index is 11.1. The third kappa shape index (κ3) is 1.25. The smallest absolute Gasteiger partial charge is 0.302 e. The molecule has 1 heterocycles. The van der Waals surface area contributed by atoms with Crippen molar-refractivity contribution in [1.29, 1.82) is 0 Å². The first kappa shape index (κ1) is 9.65. The Labute approximate surface area is 96.0 Å². The van der Waals surface area contributed by atoms with Gasteiger partial charge in [0, 0.05) is 10.9 Å². The minimum absolute atomic E-state index is 0.0278. The molecular weight excluding hydrogens is 218 g/mol. The molecular formula is C12H9N3O2. The molecule has 17 heavy (non-hydrogen) atoms. The average molecular weight is 227 g/mol. The highest BCUT2D eigenvalue weighted by molar-refractivity contribution is 6.13. The summed E-state index contributed by atoms with van der Waals surface area (Å²) in [5, 5.41) is 12.5. The summed E-state index contributed by atoms with van der Waals surface area (Å²) in [4.78, 5) is 13.8. The predicted molar refractivity (Wildman–Crippen MR) is 66.9 cm³/mol. The number of rotatable bonds is 1. The second-order valence-corrected chi connectivity index (χ2v) is 3.85. The average Bonchev–Trinajstić information content (AvgIpc) is 2.67. The number of H-pyrrole nitrogens is 1. The quantitative estimate of drug-likeness (QED) is 0.381. The Kier molecular flexibility index (Phi) is 1.82. The number of aromatic nitrogens is 1. The van der Waals surface area contributed by atoms with Crippen LogP contribution >= 0.6 is 0 Å². The SMILES string of the molecule is Nc1ccc2[nH]c3ccccc3c2c1[N+](=O)[O-]. The lowest BCUT2D eigenvalue weighted by molar-refractivity contribution is -0.382. The van der Waals surface area contributed by atoms with E-state index in [0.717, 1.165) is 16.4 Å². The van der Waals surface area contributed by atoms with Crippen LogP contribution in [-0.4, -0.2) is 9.91 Å². The number of aromatic amines is 1. The van der Waals surface area contributed by atoms with E-state index in [9.17, 15) is 10.1 Å². The maximum absolute atomic E-state index is 11.1. The van der Waals surface area contributed by atoms with Gasteiger partial charge >= 0.3 is 5.69 Å². The van der Waals surface area contributed by atoms with Gasteiger partial charge in [0.15, 0.2) is 0 Å². The Hall–Kier alpha value is -2.56. The predicted octanol–water partition coefficient (Wildman–Crippen LogP) is 2.81. The highest BCUT2D eigenvalue weighted by Gasteiger charge is 2.19. The van der Waals surface area contributed by atoms with Crippen molar-refractivity contribution in [3.05, 3.63) is 46.5 Å². The van der Waals surface area contributed by atoms with E-state index < -0.39 is 4.92 Å². The van der Waals surface area contributed by atoms with Crippen LogP contribution in [0.5, 0.6) is 0 Å². The minimum Gasteiger partial charge on any atom is -0.393 e. The molecule has 0 aliphatic heterocycles. The summed E-state index contributed by atoms with van der Waals surface area (Å²) in [5.41, 5.74) is 7.44. The van der Waals surface area contributed by atoms with Crippen LogP contribution < -0.4 is 5.73 Å². The van der Waals surface area contributed by atoms with Crippen molar-refractivity contribution in [1.82, 2.24) is 4.98 Å². The summed E-state index contributed by atoms with van der Waals surface area (Å²) < 4.78 is 0. The molecule has 0 aliphatic carbocycles. The van der Waals surface area contributed by atoms with Crippen molar-refractivity contribution in [3.63, 3.8) is 0 Å². The molecule has 1 aromatic heterocycles. The number of nitrogens with one attached hydrogen (secondary N) is 1. The van der Waals surface area contributed by atoms with Crippen LogP contribution in [0.3, 0.4) is 0 Å². The van der Waals surface area contributed by atoms with Crippen molar-refractivity contribution >= 4 is 33.2 Å². The molecule has 84 valence electrons. The van der Waals surface area contributed by atoms with E-state index in [0.29, 0.717) is 5.39 Å². The van der Waals surface area contributed by atoms with Gasteiger partial charge in [-0.2, -0.15) is 0 Å². The largest absolute Gasteiger partial charge is 0.393 e. The van der Waals surface area contributed by atoms with Gasteiger partial charge in [-0.3, -0.25) is 10.1 Å². The first-order chi connectivity index (χ1) is 8.18. The fraction of sp³-hybridized carbons (Fsp3) is 0. The number of fused-ring (bicyclic) bond motifs is 3. The highest BCUT2D eigenvalue weighted by Crippen LogP contribution is 2.36. The summed E-state index contributed by atoms with van der Waals surface area (Å²) in [5.74, 6) is 0. The molecule has 0 bridgehead atoms. The Morgan fingerprint density at radius 3 is 2.65 bits per heavy atom. The van der Waals surface area contributed by atoms with Crippen molar-refractivity contribution < 1.29 is 4.92 Å². The van der Waals surface area contributed by atoms with E-state index in [-0.39, 0.29) is 11.4 Å². The summed E-state index contributed by atoms with van der Waals surface area (Å²) in [7, 11) is 0.